The molecule has 0 spiro atoms. The molecule has 0 saturated heterocycles. The second-order valence-electron chi connectivity index (χ2n) is 3.32. The van der Waals surface area contributed by atoms with E-state index < -0.39 is 0 Å². The monoisotopic (exact) mass is 210 g/mol. The standard InChI is InChI=1S/C13H10N2O/c1-10-4-2-5-11(8-10)13(16)15-12-6-3-7-14-9-12/h1-9H,(H,15,16). The van der Waals surface area contributed by atoms with Crippen LogP contribution in [0.2, 0.25) is 0 Å². The highest BCUT2D eigenvalue weighted by Crippen LogP contribution is 2.08. The molecule has 0 unspecified atom stereocenters. The van der Waals surface area contributed by atoms with Gasteiger partial charge in [-0.15, -0.1) is 0 Å². The topological polar surface area (TPSA) is 42.0 Å². The molecule has 1 amide bonds. The van der Waals surface area contributed by atoms with E-state index >= 15 is 0 Å². The summed E-state index contributed by atoms with van der Waals surface area (Å²) in [4.78, 5) is 15.7. The van der Waals surface area contributed by atoms with Crippen LogP contribution < -0.4 is 5.32 Å². The van der Waals surface area contributed by atoms with Crippen LogP contribution in [0, 0.1) is 6.92 Å². The van der Waals surface area contributed by atoms with E-state index in [0.29, 0.717) is 16.8 Å². The molecule has 1 N–H and O–H groups in total. The average Bonchev–Trinajstić information content (AvgIpc) is 2.30. The largest absolute Gasteiger partial charge is 0.321 e. The fourth-order valence-electron chi connectivity index (χ4n) is 1.32. The zero-order chi connectivity index (χ0) is 11.4. The first-order valence-corrected chi connectivity index (χ1v) is 4.82. The Morgan fingerprint density at radius 2 is 2.12 bits per heavy atom. The number of hydrogen-bond acceptors (Lipinski definition) is 2. The Bertz CT molecular complexity index is 494. The first-order chi connectivity index (χ1) is 7.75. The van der Waals surface area contributed by atoms with E-state index in [2.05, 4.69) is 10.3 Å². The van der Waals surface area contributed by atoms with Crippen LogP contribution in [0.3, 0.4) is 0 Å². The zero-order valence-electron chi connectivity index (χ0n) is 8.55. The second-order valence-corrected chi connectivity index (χ2v) is 3.32. The normalized spacial score (nSPS) is 9.81. The number of anilines is 1. The lowest BCUT2D eigenvalue weighted by atomic mass is 10.1. The van der Waals surface area contributed by atoms with Gasteiger partial charge in [0.2, 0.25) is 0 Å². The lowest BCUT2D eigenvalue weighted by Crippen LogP contribution is -2.11. The van der Waals surface area contributed by atoms with E-state index in [0.717, 1.165) is 0 Å². The van der Waals surface area contributed by atoms with Gasteiger partial charge in [-0.3, -0.25) is 9.78 Å². The molecule has 78 valence electrons. The molecule has 3 heteroatoms. The highest BCUT2D eigenvalue weighted by molar-refractivity contribution is 6.04. The van der Waals surface area contributed by atoms with Crippen molar-refractivity contribution in [3.63, 3.8) is 0 Å². The van der Waals surface area contributed by atoms with Gasteiger partial charge in [-0.2, -0.15) is 0 Å². The number of nitrogens with one attached hydrogen (secondary N) is 1. The minimum absolute atomic E-state index is 0.194. The molecule has 0 aliphatic rings. The molecular weight excluding hydrogens is 200 g/mol. The molecule has 1 aromatic heterocycles. The molecule has 0 aliphatic carbocycles. The Morgan fingerprint density at radius 1 is 1.25 bits per heavy atom. The summed E-state index contributed by atoms with van der Waals surface area (Å²) in [5, 5.41) is 2.73. The van der Waals surface area contributed by atoms with Gasteiger partial charge in [0, 0.05) is 11.8 Å². The van der Waals surface area contributed by atoms with E-state index in [-0.39, 0.29) is 5.91 Å². The third-order valence-corrected chi connectivity index (χ3v) is 2.07. The van der Waals surface area contributed by atoms with Gasteiger partial charge in [-0.25, -0.2) is 0 Å². The lowest BCUT2D eigenvalue weighted by molar-refractivity contribution is 0.102. The number of amides is 1. The fraction of sp³-hybridized carbons (Fsp3) is 0. The number of rotatable bonds is 2. The van der Waals surface area contributed by atoms with Crippen molar-refractivity contribution in [2.24, 2.45) is 0 Å². The summed E-state index contributed by atoms with van der Waals surface area (Å²) in [5.41, 5.74) is 1.76. The molecule has 0 aliphatic heterocycles. The van der Waals surface area contributed by atoms with Crippen molar-refractivity contribution >= 4 is 11.6 Å². The van der Waals surface area contributed by atoms with E-state index in [4.69, 9.17) is 6.92 Å². The molecule has 0 bridgehead atoms. The minimum Gasteiger partial charge on any atom is -0.321 e. The van der Waals surface area contributed by atoms with Crippen LogP contribution >= 0.6 is 0 Å². The van der Waals surface area contributed by atoms with Gasteiger partial charge in [0.05, 0.1) is 11.9 Å². The van der Waals surface area contributed by atoms with Crippen molar-refractivity contribution < 1.29 is 4.79 Å². The number of benzene rings is 1. The lowest BCUT2D eigenvalue weighted by Gasteiger charge is -2.04. The summed E-state index contributed by atoms with van der Waals surface area (Å²) >= 11 is 0. The van der Waals surface area contributed by atoms with E-state index in [1.165, 1.54) is 0 Å². The maximum atomic E-state index is 11.8. The molecule has 2 rings (SSSR count). The third kappa shape index (κ3) is 2.45. The summed E-state index contributed by atoms with van der Waals surface area (Å²) in [6.45, 7) is 5.60. The highest BCUT2D eigenvalue weighted by Gasteiger charge is 2.05. The number of nitrogens with zero attached hydrogens (tertiary/aromatic N) is 1. The molecular formula is C13H10N2O. The molecule has 0 fully saturated rings. The van der Waals surface area contributed by atoms with Crippen LogP contribution in [0.5, 0.6) is 0 Å². The first kappa shape index (κ1) is 10.4. The van der Waals surface area contributed by atoms with E-state index in [1.807, 2.05) is 0 Å². The van der Waals surface area contributed by atoms with Gasteiger partial charge in [0.15, 0.2) is 0 Å². The smallest absolute Gasteiger partial charge is 0.255 e. The summed E-state index contributed by atoms with van der Waals surface area (Å²) in [7, 11) is 0. The predicted molar refractivity (Wildman–Crippen MR) is 62.0 cm³/mol. The number of pyridine rings is 1. The quantitative estimate of drug-likeness (QED) is 0.826. The number of hydrogen-bond donors (Lipinski definition) is 1. The number of carbonyl (C=O) groups is 1. The Kier molecular flexibility index (Phi) is 2.96. The number of carbonyl (C=O) groups excluding carboxylic acids is 1. The van der Waals surface area contributed by atoms with Crippen LogP contribution in [0.25, 0.3) is 0 Å². The second kappa shape index (κ2) is 4.57. The predicted octanol–water partition coefficient (Wildman–Crippen LogP) is 2.39. The van der Waals surface area contributed by atoms with Gasteiger partial charge in [0.25, 0.3) is 5.91 Å². The Morgan fingerprint density at radius 3 is 2.81 bits per heavy atom. The third-order valence-electron chi connectivity index (χ3n) is 2.07. The van der Waals surface area contributed by atoms with Gasteiger partial charge in [0.1, 0.15) is 0 Å². The summed E-state index contributed by atoms with van der Waals surface area (Å²) in [6.07, 6.45) is 3.24. The molecule has 1 heterocycles. The maximum absolute atomic E-state index is 11.8. The van der Waals surface area contributed by atoms with E-state index in [1.54, 1.807) is 48.8 Å². The van der Waals surface area contributed by atoms with Crippen LogP contribution in [0.15, 0.2) is 48.8 Å². The molecule has 1 aromatic carbocycles. The molecule has 0 saturated carbocycles. The van der Waals surface area contributed by atoms with Crippen LogP contribution in [0.1, 0.15) is 15.9 Å². The zero-order valence-corrected chi connectivity index (χ0v) is 8.55. The van der Waals surface area contributed by atoms with Gasteiger partial charge < -0.3 is 5.32 Å². The van der Waals surface area contributed by atoms with Crippen molar-refractivity contribution in [1.82, 2.24) is 4.98 Å². The van der Waals surface area contributed by atoms with Crippen molar-refractivity contribution in [3.05, 3.63) is 66.8 Å². The van der Waals surface area contributed by atoms with Crippen LogP contribution in [-0.4, -0.2) is 10.9 Å². The van der Waals surface area contributed by atoms with Crippen molar-refractivity contribution in [2.45, 2.75) is 0 Å². The molecule has 0 atom stereocenters. The van der Waals surface area contributed by atoms with Gasteiger partial charge >= 0.3 is 0 Å². The molecule has 16 heavy (non-hydrogen) atoms. The van der Waals surface area contributed by atoms with Crippen LogP contribution in [-0.2, 0) is 0 Å². The van der Waals surface area contributed by atoms with Crippen molar-refractivity contribution in [2.75, 3.05) is 5.32 Å². The molecule has 2 aromatic rings. The van der Waals surface area contributed by atoms with E-state index in [9.17, 15) is 4.79 Å². The van der Waals surface area contributed by atoms with Crippen LogP contribution in [0.4, 0.5) is 5.69 Å². The number of aromatic nitrogens is 1. The first-order valence-electron chi connectivity index (χ1n) is 4.82. The van der Waals surface area contributed by atoms with Gasteiger partial charge in [-0.05, 0) is 36.8 Å². The summed E-state index contributed by atoms with van der Waals surface area (Å²) in [5.74, 6) is -0.194. The Hall–Kier alpha value is -2.16. The summed E-state index contributed by atoms with van der Waals surface area (Å²) in [6, 6.07) is 10.4. The minimum atomic E-state index is -0.194. The Labute approximate surface area is 94.1 Å². The van der Waals surface area contributed by atoms with Crippen molar-refractivity contribution in [1.29, 1.82) is 0 Å². The summed E-state index contributed by atoms with van der Waals surface area (Å²) < 4.78 is 0. The molecule has 3 nitrogen and oxygen atoms in total. The Balaban J connectivity index is 2.15. The van der Waals surface area contributed by atoms with Gasteiger partial charge in [-0.1, -0.05) is 12.1 Å². The SMILES string of the molecule is [CH]c1cccc(C(=O)Nc2cccnc2)c1. The maximum Gasteiger partial charge on any atom is 0.255 e. The fourth-order valence-corrected chi connectivity index (χ4v) is 1.32. The van der Waals surface area contributed by atoms with Crippen molar-refractivity contribution in [3.8, 4) is 0 Å². The molecule has 2 radical (unpaired) electrons. The highest BCUT2D eigenvalue weighted by atomic mass is 16.1. The average molecular weight is 210 g/mol.